The summed E-state index contributed by atoms with van der Waals surface area (Å²) in [5.74, 6) is 0.809. The van der Waals surface area contributed by atoms with Crippen molar-refractivity contribution >= 4 is 5.91 Å². The lowest BCUT2D eigenvalue weighted by atomic mass is 9.86. The molecule has 0 aromatic heterocycles. The van der Waals surface area contributed by atoms with Crippen molar-refractivity contribution < 1.29 is 9.53 Å². The van der Waals surface area contributed by atoms with E-state index in [-0.39, 0.29) is 17.7 Å². The van der Waals surface area contributed by atoms with Crippen molar-refractivity contribution in [3.8, 4) is 0 Å². The first-order valence-corrected chi connectivity index (χ1v) is 7.83. The molecule has 3 nitrogen and oxygen atoms in total. The Labute approximate surface area is 129 Å². The van der Waals surface area contributed by atoms with Gasteiger partial charge in [0.25, 0.3) is 0 Å². The van der Waals surface area contributed by atoms with Gasteiger partial charge in [0.15, 0.2) is 0 Å². The molecule has 1 atom stereocenters. The molecule has 1 N–H and O–H groups in total. The molecule has 1 aromatic carbocycles. The first kappa shape index (κ1) is 17.7. The fraction of sp³-hybridized carbons (Fsp3) is 0.611. The molecule has 1 rings (SSSR count). The number of nitrogens with one attached hydrogen (secondary N) is 1. The van der Waals surface area contributed by atoms with Crippen LogP contribution in [0.15, 0.2) is 24.3 Å². The zero-order valence-corrected chi connectivity index (χ0v) is 14.0. The molecule has 118 valence electrons. The van der Waals surface area contributed by atoms with Gasteiger partial charge in [0.2, 0.25) is 5.91 Å². The summed E-state index contributed by atoms with van der Waals surface area (Å²) in [6, 6.07) is 8.45. The Morgan fingerprint density at radius 3 is 2.14 bits per heavy atom. The van der Waals surface area contributed by atoms with Crippen LogP contribution in [0.1, 0.15) is 57.1 Å². The quantitative estimate of drug-likeness (QED) is 0.742. The van der Waals surface area contributed by atoms with Gasteiger partial charge in [-0.3, -0.25) is 4.79 Å². The minimum atomic E-state index is -0.0891. The Morgan fingerprint density at radius 2 is 1.67 bits per heavy atom. The topological polar surface area (TPSA) is 38.3 Å². The number of amides is 1. The Balaban J connectivity index is 2.74. The van der Waals surface area contributed by atoms with Gasteiger partial charge in [-0.25, -0.2) is 0 Å². The molecule has 1 unspecified atom stereocenters. The summed E-state index contributed by atoms with van der Waals surface area (Å²) in [4.78, 5) is 12.4. The van der Waals surface area contributed by atoms with Crippen LogP contribution in [-0.4, -0.2) is 26.2 Å². The summed E-state index contributed by atoms with van der Waals surface area (Å²) >= 11 is 0. The third kappa shape index (κ3) is 5.50. The van der Waals surface area contributed by atoms with Crippen molar-refractivity contribution in [2.75, 3.05) is 20.3 Å². The minimum absolute atomic E-state index is 0.0891. The van der Waals surface area contributed by atoms with Crippen molar-refractivity contribution in [2.45, 2.75) is 46.0 Å². The molecule has 0 saturated carbocycles. The Bertz CT molecular complexity index is 423. The average Bonchev–Trinajstić information content (AvgIpc) is 2.44. The van der Waals surface area contributed by atoms with Gasteiger partial charge in [0.05, 0.1) is 5.92 Å². The number of carbonyl (C=O) groups is 1. The van der Waals surface area contributed by atoms with Crippen LogP contribution in [0.5, 0.6) is 0 Å². The molecule has 0 spiro atoms. The highest BCUT2D eigenvalue weighted by Gasteiger charge is 2.23. The maximum Gasteiger partial charge on any atom is 0.227 e. The van der Waals surface area contributed by atoms with Gasteiger partial charge in [-0.15, -0.1) is 0 Å². The lowest BCUT2D eigenvalue weighted by Gasteiger charge is -2.21. The highest BCUT2D eigenvalue weighted by atomic mass is 16.5. The Hall–Kier alpha value is -1.35. The molecule has 0 aliphatic heterocycles. The van der Waals surface area contributed by atoms with Gasteiger partial charge in [0.1, 0.15) is 0 Å². The average molecular weight is 291 g/mol. The molecule has 1 amide bonds. The summed E-state index contributed by atoms with van der Waals surface area (Å²) in [5, 5.41) is 3.02. The normalized spacial score (nSPS) is 12.7. The van der Waals surface area contributed by atoms with Crippen LogP contribution in [-0.2, 0) is 9.53 Å². The fourth-order valence-electron chi connectivity index (χ4n) is 2.47. The third-order valence-electron chi connectivity index (χ3n) is 3.74. The van der Waals surface area contributed by atoms with Crippen LogP contribution < -0.4 is 5.32 Å². The lowest BCUT2D eigenvalue weighted by molar-refractivity contribution is -0.123. The van der Waals surface area contributed by atoms with E-state index in [0.717, 1.165) is 12.0 Å². The number of benzene rings is 1. The Kier molecular flexibility index (Phi) is 7.44. The standard InChI is InChI=1S/C18H29NO2/c1-13(2)15-7-9-16(10-8-15)17(14(3)4)18(20)19-11-6-12-21-5/h7-10,13-14,17H,6,11-12H2,1-5H3,(H,19,20). The van der Waals surface area contributed by atoms with E-state index in [1.165, 1.54) is 5.56 Å². The van der Waals surface area contributed by atoms with E-state index in [1.54, 1.807) is 7.11 Å². The van der Waals surface area contributed by atoms with Gasteiger partial charge in [-0.2, -0.15) is 0 Å². The zero-order chi connectivity index (χ0) is 15.8. The molecule has 0 heterocycles. The second-order valence-electron chi connectivity index (χ2n) is 6.18. The van der Waals surface area contributed by atoms with Crippen molar-refractivity contribution in [1.82, 2.24) is 5.32 Å². The van der Waals surface area contributed by atoms with E-state index in [1.807, 2.05) is 0 Å². The molecular formula is C18H29NO2. The molecular weight excluding hydrogens is 262 g/mol. The van der Waals surface area contributed by atoms with Crippen molar-refractivity contribution in [3.05, 3.63) is 35.4 Å². The van der Waals surface area contributed by atoms with Crippen LogP contribution in [0.3, 0.4) is 0 Å². The van der Waals surface area contributed by atoms with E-state index in [0.29, 0.717) is 19.1 Å². The first-order valence-electron chi connectivity index (χ1n) is 7.83. The second-order valence-corrected chi connectivity index (χ2v) is 6.18. The van der Waals surface area contributed by atoms with E-state index >= 15 is 0 Å². The van der Waals surface area contributed by atoms with E-state index < -0.39 is 0 Å². The fourth-order valence-corrected chi connectivity index (χ4v) is 2.47. The van der Waals surface area contributed by atoms with Crippen LogP contribution in [0.25, 0.3) is 0 Å². The van der Waals surface area contributed by atoms with E-state index in [4.69, 9.17) is 4.74 Å². The first-order chi connectivity index (χ1) is 9.97. The largest absolute Gasteiger partial charge is 0.385 e. The smallest absolute Gasteiger partial charge is 0.227 e. The molecule has 3 heteroatoms. The summed E-state index contributed by atoms with van der Waals surface area (Å²) in [5.41, 5.74) is 2.40. The lowest BCUT2D eigenvalue weighted by Crippen LogP contribution is -2.33. The highest BCUT2D eigenvalue weighted by molar-refractivity contribution is 5.83. The molecule has 0 aliphatic rings. The predicted molar refractivity (Wildman–Crippen MR) is 87.6 cm³/mol. The van der Waals surface area contributed by atoms with E-state index in [9.17, 15) is 4.79 Å². The van der Waals surface area contributed by atoms with Gasteiger partial charge in [-0.05, 0) is 29.4 Å². The summed E-state index contributed by atoms with van der Waals surface area (Å²) in [6.45, 7) is 9.89. The zero-order valence-electron chi connectivity index (χ0n) is 14.0. The number of hydrogen-bond acceptors (Lipinski definition) is 2. The summed E-state index contributed by atoms with van der Waals surface area (Å²) < 4.78 is 5.00. The van der Waals surface area contributed by atoms with Crippen molar-refractivity contribution in [3.63, 3.8) is 0 Å². The van der Waals surface area contributed by atoms with Gasteiger partial charge in [0, 0.05) is 20.3 Å². The predicted octanol–water partition coefficient (Wildman–Crippen LogP) is 3.70. The molecule has 0 fully saturated rings. The molecule has 0 bridgehead atoms. The van der Waals surface area contributed by atoms with Crippen molar-refractivity contribution in [2.24, 2.45) is 5.92 Å². The van der Waals surface area contributed by atoms with Crippen LogP contribution >= 0.6 is 0 Å². The molecule has 1 aromatic rings. The molecule has 0 radical (unpaired) electrons. The molecule has 0 saturated heterocycles. The minimum Gasteiger partial charge on any atom is -0.385 e. The van der Waals surface area contributed by atoms with Gasteiger partial charge < -0.3 is 10.1 Å². The Morgan fingerprint density at radius 1 is 1.10 bits per heavy atom. The molecule has 0 aliphatic carbocycles. The van der Waals surface area contributed by atoms with Crippen LogP contribution in [0, 0.1) is 5.92 Å². The maximum absolute atomic E-state index is 12.4. The summed E-state index contributed by atoms with van der Waals surface area (Å²) in [7, 11) is 1.68. The second kappa shape index (κ2) is 8.83. The number of carbonyl (C=O) groups excluding carboxylic acids is 1. The number of rotatable bonds is 8. The SMILES string of the molecule is COCCCNC(=O)C(c1ccc(C(C)C)cc1)C(C)C. The van der Waals surface area contributed by atoms with Crippen LogP contribution in [0.2, 0.25) is 0 Å². The number of methoxy groups -OCH3 is 1. The van der Waals surface area contributed by atoms with Crippen molar-refractivity contribution in [1.29, 1.82) is 0 Å². The van der Waals surface area contributed by atoms with Gasteiger partial charge >= 0.3 is 0 Å². The summed E-state index contributed by atoms with van der Waals surface area (Å²) in [6.07, 6.45) is 0.847. The maximum atomic E-state index is 12.4. The molecule has 21 heavy (non-hydrogen) atoms. The van der Waals surface area contributed by atoms with Crippen LogP contribution in [0.4, 0.5) is 0 Å². The van der Waals surface area contributed by atoms with E-state index in [2.05, 4.69) is 57.3 Å². The van der Waals surface area contributed by atoms with Gasteiger partial charge in [-0.1, -0.05) is 52.0 Å². The monoisotopic (exact) mass is 291 g/mol. The highest BCUT2D eigenvalue weighted by Crippen LogP contribution is 2.26. The number of hydrogen-bond donors (Lipinski definition) is 1. The number of ether oxygens (including phenoxy) is 1. The third-order valence-corrected chi connectivity index (χ3v) is 3.74.